The maximum atomic E-state index is 11.4. The number of anilines is 2. The fourth-order valence-electron chi connectivity index (χ4n) is 2.44. The fourth-order valence-corrected chi connectivity index (χ4v) is 2.44. The Bertz CT molecular complexity index is 450. The molecule has 2 heterocycles. The molecule has 0 aliphatic carbocycles. The van der Waals surface area contributed by atoms with Gasteiger partial charge in [0.1, 0.15) is 18.0 Å². The van der Waals surface area contributed by atoms with Crippen molar-refractivity contribution >= 4 is 17.5 Å². The predicted octanol–water partition coefficient (Wildman–Crippen LogP) is 0.999. The topological polar surface area (TPSA) is 84.1 Å². The Morgan fingerprint density at radius 1 is 1.53 bits per heavy atom. The van der Waals surface area contributed by atoms with Crippen molar-refractivity contribution < 1.29 is 4.79 Å². The summed E-state index contributed by atoms with van der Waals surface area (Å²) in [4.78, 5) is 22.0. The predicted molar refractivity (Wildman–Crippen MR) is 74.9 cm³/mol. The van der Waals surface area contributed by atoms with Gasteiger partial charge in [0, 0.05) is 25.2 Å². The lowest BCUT2D eigenvalue weighted by molar-refractivity contribution is -0.122. The van der Waals surface area contributed by atoms with Crippen LogP contribution in [0.2, 0.25) is 0 Å². The number of nitrogens with two attached hydrogens (primary N) is 1. The van der Waals surface area contributed by atoms with Gasteiger partial charge in [-0.2, -0.15) is 0 Å². The van der Waals surface area contributed by atoms with Crippen molar-refractivity contribution in [2.24, 2.45) is 11.7 Å². The van der Waals surface area contributed by atoms with Crippen LogP contribution >= 0.6 is 0 Å². The van der Waals surface area contributed by atoms with Gasteiger partial charge in [0.2, 0.25) is 5.91 Å². The van der Waals surface area contributed by atoms with E-state index in [1.165, 1.54) is 0 Å². The summed E-state index contributed by atoms with van der Waals surface area (Å²) in [5.41, 5.74) is 5.42. The number of carbonyl (C=O) groups is 1. The van der Waals surface area contributed by atoms with Gasteiger partial charge in [0.05, 0.1) is 5.92 Å². The Hall–Kier alpha value is -1.85. The van der Waals surface area contributed by atoms with Crippen LogP contribution in [0.15, 0.2) is 12.4 Å². The minimum absolute atomic E-state index is 0.0891. The molecule has 1 aliphatic rings. The molecule has 1 saturated heterocycles. The second kappa shape index (κ2) is 5.86. The van der Waals surface area contributed by atoms with Crippen molar-refractivity contribution in [3.63, 3.8) is 0 Å². The number of primary amides is 1. The summed E-state index contributed by atoms with van der Waals surface area (Å²) in [6.07, 6.45) is 3.36. The summed E-state index contributed by atoms with van der Waals surface area (Å²) in [6, 6.07) is 2.28. The van der Waals surface area contributed by atoms with Gasteiger partial charge in [-0.25, -0.2) is 9.97 Å². The molecule has 2 unspecified atom stereocenters. The van der Waals surface area contributed by atoms with Crippen LogP contribution in [0.4, 0.5) is 11.6 Å². The molecule has 1 amide bonds. The molecule has 0 saturated carbocycles. The van der Waals surface area contributed by atoms with E-state index in [0.717, 1.165) is 31.0 Å². The van der Waals surface area contributed by atoms with Gasteiger partial charge in [-0.15, -0.1) is 0 Å². The molecule has 6 heteroatoms. The van der Waals surface area contributed by atoms with Crippen LogP contribution < -0.4 is 16.0 Å². The molecule has 2 rings (SSSR count). The fraction of sp³-hybridized carbons (Fsp3) is 0.615. The number of nitrogens with zero attached hydrogens (tertiary/aromatic N) is 3. The largest absolute Gasteiger partial charge is 0.370 e. The van der Waals surface area contributed by atoms with E-state index in [-0.39, 0.29) is 11.8 Å². The minimum Gasteiger partial charge on any atom is -0.370 e. The average molecular weight is 263 g/mol. The second-order valence-electron chi connectivity index (χ2n) is 4.97. The van der Waals surface area contributed by atoms with E-state index in [4.69, 9.17) is 5.73 Å². The second-order valence-corrected chi connectivity index (χ2v) is 4.97. The highest BCUT2D eigenvalue weighted by molar-refractivity contribution is 5.77. The molecule has 1 aromatic rings. The number of aromatic nitrogens is 2. The highest BCUT2D eigenvalue weighted by atomic mass is 16.1. The zero-order chi connectivity index (χ0) is 13.8. The summed E-state index contributed by atoms with van der Waals surface area (Å²) < 4.78 is 0. The normalized spacial score (nSPS) is 23.2. The van der Waals surface area contributed by atoms with Crippen LogP contribution in [0.1, 0.15) is 26.7 Å². The van der Waals surface area contributed by atoms with E-state index >= 15 is 0 Å². The molecule has 0 spiro atoms. The van der Waals surface area contributed by atoms with Crippen molar-refractivity contribution in [2.45, 2.75) is 32.7 Å². The third-order valence-electron chi connectivity index (χ3n) is 3.59. The molecule has 3 N–H and O–H groups in total. The Balaban J connectivity index is 2.18. The highest BCUT2D eigenvalue weighted by Crippen LogP contribution is 2.26. The van der Waals surface area contributed by atoms with Crippen molar-refractivity contribution in [1.82, 2.24) is 9.97 Å². The molecular formula is C13H21N5O. The number of nitrogens with one attached hydrogen (secondary N) is 1. The van der Waals surface area contributed by atoms with Gasteiger partial charge in [-0.05, 0) is 26.7 Å². The minimum atomic E-state index is -0.224. The van der Waals surface area contributed by atoms with Crippen molar-refractivity contribution in [2.75, 3.05) is 23.3 Å². The lowest BCUT2D eigenvalue weighted by Gasteiger charge is -2.37. The van der Waals surface area contributed by atoms with Crippen LogP contribution in [0.25, 0.3) is 0 Å². The van der Waals surface area contributed by atoms with Crippen LogP contribution in [0.3, 0.4) is 0 Å². The number of piperidine rings is 1. The number of hydrogen-bond donors (Lipinski definition) is 2. The summed E-state index contributed by atoms with van der Waals surface area (Å²) >= 11 is 0. The van der Waals surface area contributed by atoms with Crippen LogP contribution in [0, 0.1) is 5.92 Å². The Morgan fingerprint density at radius 3 is 3.00 bits per heavy atom. The molecular weight excluding hydrogens is 242 g/mol. The Labute approximate surface area is 113 Å². The molecule has 1 aliphatic heterocycles. The molecule has 0 bridgehead atoms. The van der Waals surface area contributed by atoms with Gasteiger partial charge >= 0.3 is 0 Å². The maximum absolute atomic E-state index is 11.4. The van der Waals surface area contributed by atoms with Gasteiger partial charge < -0.3 is 16.0 Å². The number of rotatable bonds is 4. The average Bonchev–Trinajstić information content (AvgIpc) is 2.39. The van der Waals surface area contributed by atoms with Crippen LogP contribution in [0.5, 0.6) is 0 Å². The van der Waals surface area contributed by atoms with E-state index in [1.54, 1.807) is 6.33 Å². The van der Waals surface area contributed by atoms with E-state index < -0.39 is 0 Å². The van der Waals surface area contributed by atoms with Gasteiger partial charge in [-0.3, -0.25) is 4.79 Å². The summed E-state index contributed by atoms with van der Waals surface area (Å²) in [5.74, 6) is 1.34. The summed E-state index contributed by atoms with van der Waals surface area (Å²) in [7, 11) is 0. The van der Waals surface area contributed by atoms with Gasteiger partial charge in [0.15, 0.2) is 0 Å². The Kier molecular flexibility index (Phi) is 4.19. The third-order valence-corrected chi connectivity index (χ3v) is 3.59. The van der Waals surface area contributed by atoms with Gasteiger partial charge in [0.25, 0.3) is 0 Å². The van der Waals surface area contributed by atoms with Crippen molar-refractivity contribution in [1.29, 1.82) is 0 Å². The van der Waals surface area contributed by atoms with E-state index in [9.17, 15) is 4.79 Å². The lowest BCUT2D eigenvalue weighted by atomic mass is 9.93. The quantitative estimate of drug-likeness (QED) is 0.846. The molecule has 2 atom stereocenters. The van der Waals surface area contributed by atoms with E-state index in [1.807, 2.05) is 13.0 Å². The smallest absolute Gasteiger partial charge is 0.222 e. The first-order valence-corrected chi connectivity index (χ1v) is 6.73. The molecule has 0 radical (unpaired) electrons. The standard InChI is InChI=1S/C13H21N5O/c1-3-15-11-6-12(17-8-16-11)18-7-10(13(14)19)5-4-9(18)2/h6,8-10H,3-5,7H2,1-2H3,(H2,14,19)(H,15,16,17). The zero-order valence-electron chi connectivity index (χ0n) is 11.5. The monoisotopic (exact) mass is 263 g/mol. The lowest BCUT2D eigenvalue weighted by Crippen LogP contribution is -2.46. The molecule has 0 aromatic carbocycles. The number of hydrogen-bond acceptors (Lipinski definition) is 5. The van der Waals surface area contributed by atoms with Crippen molar-refractivity contribution in [3.8, 4) is 0 Å². The molecule has 1 fully saturated rings. The maximum Gasteiger partial charge on any atom is 0.222 e. The Morgan fingerprint density at radius 2 is 2.32 bits per heavy atom. The molecule has 19 heavy (non-hydrogen) atoms. The van der Waals surface area contributed by atoms with Crippen molar-refractivity contribution in [3.05, 3.63) is 12.4 Å². The molecule has 104 valence electrons. The first-order valence-electron chi connectivity index (χ1n) is 6.73. The first kappa shape index (κ1) is 13.6. The third kappa shape index (κ3) is 3.13. The molecule has 6 nitrogen and oxygen atoms in total. The number of amides is 1. The highest BCUT2D eigenvalue weighted by Gasteiger charge is 2.29. The van der Waals surface area contributed by atoms with E-state index in [2.05, 4.69) is 27.1 Å². The first-order chi connectivity index (χ1) is 9.11. The number of carbonyl (C=O) groups excluding carboxylic acids is 1. The summed E-state index contributed by atoms with van der Waals surface area (Å²) in [6.45, 7) is 5.62. The summed E-state index contributed by atoms with van der Waals surface area (Å²) in [5, 5.41) is 3.17. The van der Waals surface area contributed by atoms with Gasteiger partial charge in [-0.1, -0.05) is 0 Å². The SMILES string of the molecule is CCNc1cc(N2CC(C(N)=O)CCC2C)ncn1. The molecule has 1 aromatic heterocycles. The van der Waals surface area contributed by atoms with Crippen LogP contribution in [-0.2, 0) is 4.79 Å². The van der Waals surface area contributed by atoms with E-state index in [0.29, 0.717) is 12.6 Å². The zero-order valence-corrected chi connectivity index (χ0v) is 11.5. The van der Waals surface area contributed by atoms with Crippen LogP contribution in [-0.4, -0.2) is 35.0 Å².